The van der Waals surface area contributed by atoms with Crippen molar-refractivity contribution in [3.05, 3.63) is 42.0 Å². The lowest BCUT2D eigenvalue weighted by Gasteiger charge is -2.08. The molecule has 0 unspecified atom stereocenters. The molecule has 2 amide bonds. The van der Waals surface area contributed by atoms with E-state index in [1.807, 2.05) is 0 Å². The molecule has 0 radical (unpaired) electrons. The number of carbonyl (C=O) groups excluding carboxylic acids is 2. The zero-order valence-electron chi connectivity index (χ0n) is 10.9. The number of fused-ring (bicyclic) bond motifs is 3. The molecule has 0 saturated heterocycles. The predicted molar refractivity (Wildman–Crippen MR) is 76.8 cm³/mol. The third-order valence-corrected chi connectivity index (χ3v) is 3.19. The molecule has 0 atom stereocenters. The highest BCUT2D eigenvalue weighted by Gasteiger charge is 2.19. The highest BCUT2D eigenvalue weighted by molar-refractivity contribution is 6.20. The first-order valence-electron chi connectivity index (χ1n) is 6.21. The van der Waals surface area contributed by atoms with E-state index in [4.69, 9.17) is 10.2 Å². The summed E-state index contributed by atoms with van der Waals surface area (Å²) < 4.78 is 18.0. The quantitative estimate of drug-likeness (QED) is 0.776. The van der Waals surface area contributed by atoms with Gasteiger partial charge in [0.1, 0.15) is 11.2 Å². The number of nitrogens with one attached hydrogen (secondary N) is 1. The van der Waals surface area contributed by atoms with E-state index >= 15 is 0 Å². The van der Waals surface area contributed by atoms with Gasteiger partial charge in [-0.1, -0.05) is 18.2 Å². The number of furan rings is 1. The summed E-state index contributed by atoms with van der Waals surface area (Å²) in [5, 5.41) is 3.55. The number of benzene rings is 2. The molecular formula is C15H11FN2O3. The lowest BCUT2D eigenvalue weighted by molar-refractivity contribution is -0.117. The number of rotatable bonds is 3. The van der Waals surface area contributed by atoms with E-state index in [9.17, 15) is 14.0 Å². The fraction of sp³-hybridized carbons (Fsp3) is 0.0667. The Kier molecular flexibility index (Phi) is 3.06. The van der Waals surface area contributed by atoms with Crippen molar-refractivity contribution in [2.24, 2.45) is 5.73 Å². The molecule has 0 aliphatic rings. The molecule has 0 aliphatic carbocycles. The summed E-state index contributed by atoms with van der Waals surface area (Å²) in [5.74, 6) is -1.56. The molecular weight excluding hydrogens is 275 g/mol. The molecule has 0 fully saturated rings. The first kappa shape index (κ1) is 13.1. The lowest BCUT2D eigenvalue weighted by Crippen LogP contribution is -2.19. The van der Waals surface area contributed by atoms with Gasteiger partial charge in [-0.3, -0.25) is 9.59 Å². The fourth-order valence-electron chi connectivity index (χ4n) is 2.36. The Morgan fingerprint density at radius 1 is 1.14 bits per heavy atom. The Labute approximate surface area is 118 Å². The Morgan fingerprint density at radius 3 is 2.62 bits per heavy atom. The monoisotopic (exact) mass is 286 g/mol. The molecule has 2 aromatic carbocycles. The summed E-state index contributed by atoms with van der Waals surface area (Å²) in [6.07, 6.45) is 0. The molecule has 0 bridgehead atoms. The van der Waals surface area contributed by atoms with Crippen molar-refractivity contribution in [2.45, 2.75) is 0 Å². The standard InChI is InChI=1S/C15H11FN2O3/c16-7-12(19)18-9-5-6-11-13(14(9)15(17)20)8-3-1-2-4-10(8)21-11/h1-6H,7H2,(H2,17,20)(H,18,19). The average molecular weight is 286 g/mol. The first-order chi connectivity index (χ1) is 10.1. The van der Waals surface area contributed by atoms with Crippen LogP contribution >= 0.6 is 0 Å². The number of alkyl halides is 1. The first-order valence-corrected chi connectivity index (χ1v) is 6.21. The lowest BCUT2D eigenvalue weighted by atomic mass is 10.0. The average Bonchev–Trinajstić information content (AvgIpc) is 2.85. The number of anilines is 1. The van der Waals surface area contributed by atoms with Crippen LogP contribution < -0.4 is 11.1 Å². The van der Waals surface area contributed by atoms with Gasteiger partial charge >= 0.3 is 0 Å². The van der Waals surface area contributed by atoms with Crippen LogP contribution in [0.1, 0.15) is 10.4 Å². The van der Waals surface area contributed by atoms with E-state index in [0.29, 0.717) is 21.9 Å². The van der Waals surface area contributed by atoms with Gasteiger partial charge in [0.25, 0.3) is 11.8 Å². The molecule has 21 heavy (non-hydrogen) atoms. The molecule has 0 spiro atoms. The maximum Gasteiger partial charge on any atom is 0.255 e. The van der Waals surface area contributed by atoms with Crippen LogP contribution in [-0.4, -0.2) is 18.5 Å². The minimum atomic E-state index is -1.18. The Bertz CT molecular complexity index is 870. The number of primary amides is 1. The topological polar surface area (TPSA) is 85.3 Å². The molecule has 0 saturated carbocycles. The van der Waals surface area contributed by atoms with Crippen molar-refractivity contribution < 1.29 is 18.4 Å². The van der Waals surface area contributed by atoms with Crippen LogP contribution in [0, 0.1) is 0 Å². The van der Waals surface area contributed by atoms with E-state index in [1.54, 1.807) is 30.3 Å². The zero-order chi connectivity index (χ0) is 15.0. The second-order valence-corrected chi connectivity index (χ2v) is 4.51. The summed E-state index contributed by atoms with van der Waals surface area (Å²) in [7, 11) is 0. The van der Waals surface area contributed by atoms with E-state index in [2.05, 4.69) is 5.32 Å². The number of hydrogen-bond donors (Lipinski definition) is 2. The van der Waals surface area contributed by atoms with Crippen LogP contribution in [0.5, 0.6) is 0 Å². The number of hydrogen-bond acceptors (Lipinski definition) is 3. The maximum absolute atomic E-state index is 12.4. The van der Waals surface area contributed by atoms with Crippen molar-refractivity contribution in [2.75, 3.05) is 12.0 Å². The molecule has 0 aliphatic heterocycles. The predicted octanol–water partition coefficient (Wildman–Crippen LogP) is 2.59. The Hall–Kier alpha value is -2.89. The van der Waals surface area contributed by atoms with Crippen LogP contribution in [0.25, 0.3) is 21.9 Å². The second-order valence-electron chi connectivity index (χ2n) is 4.51. The van der Waals surface area contributed by atoms with E-state index in [0.717, 1.165) is 0 Å². The van der Waals surface area contributed by atoms with Crippen molar-refractivity contribution in [3.8, 4) is 0 Å². The van der Waals surface area contributed by atoms with E-state index < -0.39 is 18.5 Å². The largest absolute Gasteiger partial charge is 0.456 e. The second kappa shape index (κ2) is 4.90. The van der Waals surface area contributed by atoms with Gasteiger partial charge in [0.05, 0.1) is 11.3 Å². The SMILES string of the molecule is NC(=O)c1c(NC(=O)CF)ccc2oc3ccccc3c12. The maximum atomic E-state index is 12.4. The normalized spacial score (nSPS) is 10.9. The van der Waals surface area contributed by atoms with E-state index in [1.165, 1.54) is 6.07 Å². The number of para-hydroxylation sites is 1. The van der Waals surface area contributed by atoms with Gasteiger partial charge in [-0.25, -0.2) is 4.39 Å². The third kappa shape index (κ3) is 2.10. The zero-order valence-corrected chi connectivity index (χ0v) is 10.9. The molecule has 3 aromatic rings. The number of amides is 2. The fourth-order valence-corrected chi connectivity index (χ4v) is 2.36. The third-order valence-electron chi connectivity index (χ3n) is 3.19. The summed E-state index contributed by atoms with van der Waals surface area (Å²) in [4.78, 5) is 23.0. The molecule has 5 nitrogen and oxygen atoms in total. The van der Waals surface area contributed by atoms with Crippen LogP contribution in [0.15, 0.2) is 40.8 Å². The molecule has 3 N–H and O–H groups in total. The van der Waals surface area contributed by atoms with Gasteiger partial charge in [0.2, 0.25) is 0 Å². The Balaban J connectivity index is 2.35. The van der Waals surface area contributed by atoms with Gasteiger partial charge in [0.15, 0.2) is 6.67 Å². The van der Waals surface area contributed by atoms with Crippen molar-refractivity contribution in [1.82, 2.24) is 0 Å². The van der Waals surface area contributed by atoms with Gasteiger partial charge in [-0.2, -0.15) is 0 Å². The van der Waals surface area contributed by atoms with Gasteiger partial charge in [0, 0.05) is 10.8 Å². The van der Waals surface area contributed by atoms with Crippen molar-refractivity contribution in [1.29, 1.82) is 0 Å². The summed E-state index contributed by atoms with van der Waals surface area (Å²) in [6, 6.07) is 10.2. The van der Waals surface area contributed by atoms with Crippen LogP contribution in [-0.2, 0) is 4.79 Å². The van der Waals surface area contributed by atoms with Crippen LogP contribution in [0.3, 0.4) is 0 Å². The van der Waals surface area contributed by atoms with Crippen LogP contribution in [0.4, 0.5) is 10.1 Å². The number of carbonyl (C=O) groups is 2. The summed E-state index contributed by atoms with van der Waals surface area (Å²) in [6.45, 7) is -1.18. The van der Waals surface area contributed by atoms with Crippen molar-refractivity contribution >= 4 is 39.4 Å². The molecule has 3 rings (SSSR count). The molecule has 106 valence electrons. The smallest absolute Gasteiger partial charge is 0.255 e. The summed E-state index contributed by atoms with van der Waals surface area (Å²) >= 11 is 0. The molecule has 1 aromatic heterocycles. The summed E-state index contributed by atoms with van der Waals surface area (Å²) in [5.41, 5.74) is 6.78. The highest BCUT2D eigenvalue weighted by Crippen LogP contribution is 2.34. The minimum absolute atomic E-state index is 0.110. The number of nitrogens with two attached hydrogens (primary N) is 1. The Morgan fingerprint density at radius 2 is 1.90 bits per heavy atom. The highest BCUT2D eigenvalue weighted by atomic mass is 19.1. The molecule has 1 heterocycles. The minimum Gasteiger partial charge on any atom is -0.456 e. The van der Waals surface area contributed by atoms with Crippen molar-refractivity contribution in [3.63, 3.8) is 0 Å². The number of halogens is 1. The van der Waals surface area contributed by atoms with Gasteiger partial charge in [-0.15, -0.1) is 0 Å². The van der Waals surface area contributed by atoms with Crippen LogP contribution in [0.2, 0.25) is 0 Å². The van der Waals surface area contributed by atoms with Gasteiger partial charge in [-0.05, 0) is 18.2 Å². The molecule has 6 heteroatoms. The van der Waals surface area contributed by atoms with Gasteiger partial charge < -0.3 is 15.5 Å². The van der Waals surface area contributed by atoms with E-state index in [-0.39, 0.29) is 11.3 Å².